The Morgan fingerprint density at radius 2 is 1.94 bits per heavy atom. The molecule has 1 fully saturated rings. The van der Waals surface area contributed by atoms with Crippen molar-refractivity contribution >= 4 is 33.3 Å². The molecule has 0 radical (unpaired) electrons. The van der Waals surface area contributed by atoms with E-state index in [4.69, 9.17) is 4.84 Å². The molecule has 3 atom stereocenters. The highest BCUT2D eigenvalue weighted by molar-refractivity contribution is 7.21. The maximum Gasteiger partial charge on any atom is 0.393 e. The molecule has 0 saturated carbocycles. The second-order valence-corrected chi connectivity index (χ2v) is 9.54. The van der Waals surface area contributed by atoms with Gasteiger partial charge in [0.1, 0.15) is 18.4 Å². The SMILES string of the molecule is CC(O)(CO/N=C/c1sc2c(N[C@H]3CNC[C@H]3F)cccc2c1CC(F)(F)F)c1ccccc1. The number of hydrogen-bond donors (Lipinski definition) is 3. The fraction of sp³-hybridized carbons (Fsp3) is 0.375. The van der Waals surface area contributed by atoms with E-state index in [1.807, 2.05) is 6.07 Å². The van der Waals surface area contributed by atoms with Crippen LogP contribution in [-0.2, 0) is 16.9 Å². The Kier molecular flexibility index (Phi) is 7.11. The first-order valence-corrected chi connectivity index (χ1v) is 11.6. The Balaban J connectivity index is 1.59. The summed E-state index contributed by atoms with van der Waals surface area (Å²) in [4.78, 5) is 5.55. The Morgan fingerprint density at radius 3 is 2.62 bits per heavy atom. The highest BCUT2D eigenvalue weighted by Gasteiger charge is 2.32. The molecule has 1 aliphatic rings. The van der Waals surface area contributed by atoms with E-state index in [1.54, 1.807) is 49.4 Å². The topological polar surface area (TPSA) is 65.9 Å². The third-order valence-corrected chi connectivity index (χ3v) is 6.91. The Morgan fingerprint density at radius 1 is 1.18 bits per heavy atom. The zero-order valence-electron chi connectivity index (χ0n) is 18.4. The summed E-state index contributed by atoms with van der Waals surface area (Å²) in [5.74, 6) is 0. The molecule has 1 unspecified atom stereocenters. The van der Waals surface area contributed by atoms with Crippen LogP contribution in [0.3, 0.4) is 0 Å². The third-order valence-electron chi connectivity index (χ3n) is 5.69. The van der Waals surface area contributed by atoms with Crippen LogP contribution in [0.4, 0.5) is 23.2 Å². The summed E-state index contributed by atoms with van der Waals surface area (Å²) in [7, 11) is 0. The summed E-state index contributed by atoms with van der Waals surface area (Å²) in [6, 6.07) is 13.4. The first kappa shape index (κ1) is 24.4. The second kappa shape index (κ2) is 9.89. The van der Waals surface area contributed by atoms with Gasteiger partial charge in [0, 0.05) is 13.1 Å². The van der Waals surface area contributed by atoms with Crippen LogP contribution in [-0.4, -0.2) is 49.4 Å². The predicted molar refractivity (Wildman–Crippen MR) is 126 cm³/mol. The zero-order valence-corrected chi connectivity index (χ0v) is 19.2. The van der Waals surface area contributed by atoms with Gasteiger partial charge in [0.25, 0.3) is 0 Å². The number of anilines is 1. The van der Waals surface area contributed by atoms with Crippen molar-refractivity contribution in [2.24, 2.45) is 5.16 Å². The standard InChI is InChI=1S/C24H25F4N3O2S/c1-23(32,15-6-3-2-4-7-15)14-33-30-13-21-17(10-24(26,27)28)16-8-5-9-19(22(16)34-21)31-20-12-29-11-18(20)25/h2-9,13,18,20,29,31-32H,10-12,14H2,1H3/b30-13+/t18-,20+,23?/m1/s1. The van der Waals surface area contributed by atoms with Gasteiger partial charge in [0.2, 0.25) is 0 Å². The van der Waals surface area contributed by atoms with Crippen LogP contribution in [0.2, 0.25) is 0 Å². The summed E-state index contributed by atoms with van der Waals surface area (Å²) in [6.45, 7) is 2.06. The Bertz CT molecular complexity index is 1150. The lowest BCUT2D eigenvalue weighted by atomic mass is 9.97. The molecule has 5 nitrogen and oxygen atoms in total. The van der Waals surface area contributed by atoms with Crippen LogP contribution in [0.15, 0.2) is 53.7 Å². The van der Waals surface area contributed by atoms with Crippen LogP contribution in [0.1, 0.15) is 22.9 Å². The van der Waals surface area contributed by atoms with E-state index in [2.05, 4.69) is 15.8 Å². The van der Waals surface area contributed by atoms with E-state index in [9.17, 15) is 22.7 Å². The van der Waals surface area contributed by atoms with Crippen molar-refractivity contribution in [3.63, 3.8) is 0 Å². The normalized spacial score (nSPS) is 20.6. The molecule has 1 aromatic heterocycles. The van der Waals surface area contributed by atoms with Gasteiger partial charge >= 0.3 is 6.18 Å². The molecular weight excluding hydrogens is 470 g/mol. The highest BCUT2D eigenvalue weighted by atomic mass is 32.1. The molecule has 1 saturated heterocycles. The largest absolute Gasteiger partial charge is 0.393 e. The van der Waals surface area contributed by atoms with Crippen molar-refractivity contribution in [2.75, 3.05) is 25.0 Å². The average molecular weight is 496 g/mol. The number of alkyl halides is 4. The van der Waals surface area contributed by atoms with Gasteiger partial charge in [-0.05, 0) is 29.5 Å². The number of oxime groups is 1. The summed E-state index contributed by atoms with van der Waals surface area (Å²) in [5.41, 5.74) is -0.0225. The number of thiophene rings is 1. The molecule has 10 heteroatoms. The smallest absolute Gasteiger partial charge is 0.392 e. The van der Waals surface area contributed by atoms with Crippen LogP contribution in [0.5, 0.6) is 0 Å². The molecule has 2 aromatic carbocycles. The number of nitrogens with one attached hydrogen (secondary N) is 2. The van der Waals surface area contributed by atoms with E-state index in [1.165, 1.54) is 6.21 Å². The highest BCUT2D eigenvalue weighted by Crippen LogP contribution is 2.39. The number of hydrogen-bond acceptors (Lipinski definition) is 6. The predicted octanol–water partition coefficient (Wildman–Crippen LogP) is 4.99. The minimum atomic E-state index is -4.42. The summed E-state index contributed by atoms with van der Waals surface area (Å²) in [5, 5.41) is 21.0. The molecule has 182 valence electrons. The number of rotatable bonds is 8. The van der Waals surface area contributed by atoms with E-state index in [-0.39, 0.29) is 18.7 Å². The summed E-state index contributed by atoms with van der Waals surface area (Å²) >= 11 is 1.13. The van der Waals surface area contributed by atoms with Crippen molar-refractivity contribution in [3.8, 4) is 0 Å². The Hall–Kier alpha value is -2.69. The van der Waals surface area contributed by atoms with Crippen molar-refractivity contribution in [3.05, 3.63) is 64.5 Å². The number of aliphatic hydroxyl groups is 1. The fourth-order valence-corrected chi connectivity index (χ4v) is 5.07. The Labute approximate surface area is 198 Å². The van der Waals surface area contributed by atoms with Crippen LogP contribution >= 0.6 is 11.3 Å². The summed E-state index contributed by atoms with van der Waals surface area (Å²) in [6.07, 6.45) is -5.39. The average Bonchev–Trinajstić information content (AvgIpc) is 3.35. The molecule has 0 aliphatic carbocycles. The molecule has 1 aliphatic heterocycles. The number of fused-ring (bicyclic) bond motifs is 1. The number of nitrogens with zero attached hydrogens (tertiary/aromatic N) is 1. The van der Waals surface area contributed by atoms with Crippen molar-refractivity contribution in [2.45, 2.75) is 37.3 Å². The van der Waals surface area contributed by atoms with Crippen LogP contribution < -0.4 is 10.6 Å². The molecule has 3 N–H and O–H groups in total. The van der Waals surface area contributed by atoms with E-state index in [0.29, 0.717) is 32.8 Å². The fourth-order valence-electron chi connectivity index (χ4n) is 3.91. The molecule has 4 rings (SSSR count). The quantitative estimate of drug-likeness (QED) is 0.234. The molecular formula is C24H25F4N3O2S. The van der Waals surface area contributed by atoms with Gasteiger partial charge in [-0.1, -0.05) is 47.6 Å². The molecule has 0 bridgehead atoms. The molecule has 2 heterocycles. The van der Waals surface area contributed by atoms with Crippen LogP contribution in [0.25, 0.3) is 10.1 Å². The lowest BCUT2D eigenvalue weighted by molar-refractivity contribution is -0.126. The first-order valence-electron chi connectivity index (χ1n) is 10.8. The second-order valence-electron chi connectivity index (χ2n) is 8.49. The van der Waals surface area contributed by atoms with Gasteiger partial charge in [-0.3, -0.25) is 0 Å². The van der Waals surface area contributed by atoms with Gasteiger partial charge in [-0.2, -0.15) is 13.2 Å². The lowest BCUT2D eigenvalue weighted by Crippen LogP contribution is -2.29. The number of benzene rings is 2. The van der Waals surface area contributed by atoms with Crippen LogP contribution in [0, 0.1) is 0 Å². The minimum Gasteiger partial charge on any atom is -0.392 e. The van der Waals surface area contributed by atoms with Gasteiger partial charge in [-0.25, -0.2) is 4.39 Å². The molecule has 0 spiro atoms. The van der Waals surface area contributed by atoms with Crippen molar-refractivity contribution in [1.29, 1.82) is 0 Å². The van der Waals surface area contributed by atoms with E-state index in [0.717, 1.165) is 11.3 Å². The minimum absolute atomic E-state index is 0.0830. The van der Waals surface area contributed by atoms with Crippen molar-refractivity contribution in [1.82, 2.24) is 5.32 Å². The van der Waals surface area contributed by atoms with Gasteiger partial charge in [0.15, 0.2) is 0 Å². The van der Waals surface area contributed by atoms with Gasteiger partial charge in [0.05, 0.1) is 33.9 Å². The van der Waals surface area contributed by atoms with Crippen molar-refractivity contribution < 1.29 is 27.5 Å². The van der Waals surface area contributed by atoms with Gasteiger partial charge < -0.3 is 20.6 Å². The lowest BCUT2D eigenvalue weighted by Gasteiger charge is -2.21. The van der Waals surface area contributed by atoms with E-state index >= 15 is 0 Å². The summed E-state index contributed by atoms with van der Waals surface area (Å²) < 4.78 is 54.8. The van der Waals surface area contributed by atoms with Gasteiger partial charge in [-0.15, -0.1) is 11.3 Å². The van der Waals surface area contributed by atoms with E-state index < -0.39 is 30.4 Å². The monoisotopic (exact) mass is 495 g/mol. The first-order chi connectivity index (χ1) is 16.1. The zero-order chi connectivity index (χ0) is 24.3. The molecule has 3 aromatic rings. The maximum atomic E-state index is 14.1. The maximum absolute atomic E-state index is 14.1. The molecule has 0 amide bonds. The molecule has 34 heavy (non-hydrogen) atoms. The third kappa shape index (κ3) is 5.68. The number of halogens is 4.